The first-order chi connectivity index (χ1) is 17.4. The molecule has 184 valence electrons. The highest BCUT2D eigenvalue weighted by Crippen LogP contribution is 2.35. The Morgan fingerprint density at radius 3 is 2.53 bits per heavy atom. The van der Waals surface area contributed by atoms with Gasteiger partial charge in [0.2, 0.25) is 12.7 Å². The number of amides is 2. The van der Waals surface area contributed by atoms with Crippen molar-refractivity contribution in [1.29, 1.82) is 0 Å². The van der Waals surface area contributed by atoms with Gasteiger partial charge in [0.1, 0.15) is 11.8 Å². The quantitative estimate of drug-likeness (QED) is 0.453. The second-order valence-electron chi connectivity index (χ2n) is 8.24. The lowest BCUT2D eigenvalue weighted by Crippen LogP contribution is -2.37. The van der Waals surface area contributed by atoms with E-state index in [1.165, 1.54) is 4.90 Å². The number of anilines is 2. The smallest absolute Gasteiger partial charge is 0.256 e. The summed E-state index contributed by atoms with van der Waals surface area (Å²) in [5.74, 6) is 1.36. The van der Waals surface area contributed by atoms with Crippen molar-refractivity contribution in [2.75, 3.05) is 24.1 Å². The standard InChI is InChI=1S/C26H22ClN3O5S/c1-33-20-9-7-19(8-10-20)30-25(32)21(13-24(31)28-18-5-3-17(27)4-6-18)29(26(30)36)14-16-2-11-22-23(12-16)35-15-34-22/h2-12,21H,13-15H2,1H3,(H,28,31)/t21-/m1/s1. The van der Waals surface area contributed by atoms with Gasteiger partial charge in [-0.2, -0.15) is 0 Å². The zero-order chi connectivity index (χ0) is 25.2. The molecule has 0 aromatic heterocycles. The molecule has 2 amide bonds. The number of nitrogens with zero attached hydrogens (tertiary/aromatic N) is 2. The maximum absolute atomic E-state index is 13.6. The molecule has 0 radical (unpaired) electrons. The Morgan fingerprint density at radius 2 is 1.81 bits per heavy atom. The van der Waals surface area contributed by atoms with E-state index in [1.54, 1.807) is 60.5 Å². The minimum absolute atomic E-state index is 0.0845. The second kappa shape index (κ2) is 10.0. The van der Waals surface area contributed by atoms with Crippen LogP contribution in [0.4, 0.5) is 11.4 Å². The Balaban J connectivity index is 1.41. The summed E-state index contributed by atoms with van der Waals surface area (Å²) >= 11 is 11.7. The average molecular weight is 524 g/mol. The summed E-state index contributed by atoms with van der Waals surface area (Å²) in [6, 6.07) is 18.6. The molecule has 36 heavy (non-hydrogen) atoms. The third-order valence-corrected chi connectivity index (χ3v) is 6.61. The molecule has 10 heteroatoms. The van der Waals surface area contributed by atoms with E-state index in [0.717, 1.165) is 5.56 Å². The number of halogens is 1. The van der Waals surface area contributed by atoms with Crippen molar-refractivity contribution in [3.05, 3.63) is 77.3 Å². The molecule has 0 saturated carbocycles. The van der Waals surface area contributed by atoms with Crippen LogP contribution in [0.3, 0.4) is 0 Å². The highest BCUT2D eigenvalue weighted by Gasteiger charge is 2.44. The number of hydrogen-bond donors (Lipinski definition) is 1. The molecule has 8 nitrogen and oxygen atoms in total. The van der Waals surface area contributed by atoms with Gasteiger partial charge in [-0.1, -0.05) is 17.7 Å². The van der Waals surface area contributed by atoms with Crippen LogP contribution in [0.15, 0.2) is 66.7 Å². The molecule has 1 N–H and O–H groups in total. The summed E-state index contributed by atoms with van der Waals surface area (Å²) < 4.78 is 16.1. The maximum atomic E-state index is 13.6. The van der Waals surface area contributed by atoms with Crippen LogP contribution in [0, 0.1) is 0 Å². The van der Waals surface area contributed by atoms with Crippen LogP contribution in [-0.2, 0) is 16.1 Å². The van der Waals surface area contributed by atoms with Crippen molar-refractivity contribution in [2.45, 2.75) is 19.0 Å². The van der Waals surface area contributed by atoms with E-state index in [9.17, 15) is 9.59 Å². The summed E-state index contributed by atoms with van der Waals surface area (Å²) in [6.07, 6.45) is -0.0845. The Kier molecular flexibility index (Phi) is 6.67. The SMILES string of the molecule is COc1ccc(N2C(=O)[C@@H](CC(=O)Nc3ccc(Cl)cc3)N(Cc3ccc4c(c3)OCO4)C2=S)cc1. The van der Waals surface area contributed by atoms with Crippen molar-refractivity contribution in [2.24, 2.45) is 0 Å². The van der Waals surface area contributed by atoms with E-state index in [1.807, 2.05) is 18.2 Å². The lowest BCUT2D eigenvalue weighted by atomic mass is 10.1. The maximum Gasteiger partial charge on any atom is 0.256 e. The lowest BCUT2D eigenvalue weighted by molar-refractivity contribution is -0.124. The van der Waals surface area contributed by atoms with Crippen LogP contribution in [0.25, 0.3) is 0 Å². The summed E-state index contributed by atoms with van der Waals surface area (Å²) in [5, 5.41) is 3.70. The molecule has 0 unspecified atom stereocenters. The normalized spacial score (nSPS) is 16.4. The molecular formula is C26H22ClN3O5S. The van der Waals surface area contributed by atoms with E-state index in [4.69, 9.17) is 38.0 Å². The Hall–Kier alpha value is -3.82. The molecule has 2 aliphatic heterocycles. The van der Waals surface area contributed by atoms with E-state index in [0.29, 0.717) is 45.3 Å². The average Bonchev–Trinajstić information content (AvgIpc) is 3.43. The number of carbonyl (C=O) groups excluding carboxylic acids is 2. The Morgan fingerprint density at radius 1 is 1.08 bits per heavy atom. The van der Waals surface area contributed by atoms with Crippen LogP contribution in [0.1, 0.15) is 12.0 Å². The van der Waals surface area contributed by atoms with Crippen molar-refractivity contribution < 1.29 is 23.8 Å². The van der Waals surface area contributed by atoms with Gasteiger partial charge >= 0.3 is 0 Å². The van der Waals surface area contributed by atoms with Gasteiger partial charge < -0.3 is 24.4 Å². The number of fused-ring (bicyclic) bond motifs is 1. The number of methoxy groups -OCH3 is 1. The number of rotatable bonds is 7. The van der Waals surface area contributed by atoms with Crippen LogP contribution in [0.5, 0.6) is 17.2 Å². The van der Waals surface area contributed by atoms with Crippen LogP contribution < -0.4 is 24.4 Å². The van der Waals surface area contributed by atoms with Crippen molar-refractivity contribution >= 4 is 52.1 Å². The van der Waals surface area contributed by atoms with Gasteiger partial charge in [-0.05, 0) is 78.4 Å². The number of ether oxygens (including phenoxy) is 3. The summed E-state index contributed by atoms with van der Waals surface area (Å²) in [5.41, 5.74) is 2.06. The molecule has 2 heterocycles. The molecule has 1 saturated heterocycles. The lowest BCUT2D eigenvalue weighted by Gasteiger charge is -2.24. The fourth-order valence-corrected chi connectivity index (χ4v) is 4.65. The van der Waals surface area contributed by atoms with Gasteiger partial charge in [0.05, 0.1) is 19.2 Å². The monoisotopic (exact) mass is 523 g/mol. The molecule has 1 atom stereocenters. The zero-order valence-electron chi connectivity index (χ0n) is 19.3. The summed E-state index contributed by atoms with van der Waals surface area (Å²) in [6.45, 7) is 0.477. The molecule has 3 aromatic rings. The molecule has 0 bridgehead atoms. The number of hydrogen-bond acceptors (Lipinski definition) is 6. The van der Waals surface area contributed by atoms with E-state index >= 15 is 0 Å². The zero-order valence-corrected chi connectivity index (χ0v) is 20.8. The van der Waals surface area contributed by atoms with Gasteiger partial charge in [0.15, 0.2) is 16.6 Å². The first kappa shape index (κ1) is 23.9. The number of benzene rings is 3. The highest BCUT2D eigenvalue weighted by molar-refractivity contribution is 7.80. The van der Waals surface area contributed by atoms with Crippen molar-refractivity contribution in [3.8, 4) is 17.2 Å². The number of thiocarbonyl (C=S) groups is 1. The number of carbonyl (C=O) groups is 2. The highest BCUT2D eigenvalue weighted by atomic mass is 35.5. The van der Waals surface area contributed by atoms with Gasteiger partial charge in [-0.15, -0.1) is 0 Å². The molecular weight excluding hydrogens is 502 g/mol. The molecule has 5 rings (SSSR count). The van der Waals surface area contributed by atoms with Crippen LogP contribution in [-0.4, -0.2) is 41.8 Å². The van der Waals surface area contributed by atoms with E-state index in [2.05, 4.69) is 5.32 Å². The fourth-order valence-electron chi connectivity index (χ4n) is 4.14. The first-order valence-corrected chi connectivity index (χ1v) is 11.9. The second-order valence-corrected chi connectivity index (χ2v) is 9.05. The van der Waals surface area contributed by atoms with E-state index < -0.39 is 6.04 Å². The minimum Gasteiger partial charge on any atom is -0.497 e. The molecule has 1 fully saturated rings. The van der Waals surface area contributed by atoms with Crippen LogP contribution in [0.2, 0.25) is 5.02 Å². The Bertz CT molecular complexity index is 1320. The third-order valence-electron chi connectivity index (χ3n) is 5.95. The topological polar surface area (TPSA) is 80.3 Å². The molecule has 3 aromatic carbocycles. The van der Waals surface area contributed by atoms with E-state index in [-0.39, 0.29) is 25.0 Å². The number of nitrogens with one attached hydrogen (secondary N) is 1. The summed E-state index contributed by atoms with van der Waals surface area (Å²) in [7, 11) is 1.57. The van der Waals surface area contributed by atoms with Gasteiger partial charge in [0.25, 0.3) is 5.91 Å². The minimum atomic E-state index is -0.794. The van der Waals surface area contributed by atoms with Crippen molar-refractivity contribution in [1.82, 2.24) is 4.90 Å². The van der Waals surface area contributed by atoms with Gasteiger partial charge in [-0.3, -0.25) is 14.5 Å². The fraction of sp³-hybridized carbons (Fsp3) is 0.192. The Labute approximate surface area is 218 Å². The largest absolute Gasteiger partial charge is 0.497 e. The summed E-state index contributed by atoms with van der Waals surface area (Å²) in [4.78, 5) is 29.8. The molecule has 0 aliphatic carbocycles. The van der Waals surface area contributed by atoms with Gasteiger partial charge in [-0.25, -0.2) is 0 Å². The predicted molar refractivity (Wildman–Crippen MR) is 140 cm³/mol. The molecule has 0 spiro atoms. The van der Waals surface area contributed by atoms with Crippen molar-refractivity contribution in [3.63, 3.8) is 0 Å². The first-order valence-electron chi connectivity index (χ1n) is 11.2. The van der Waals surface area contributed by atoms with Crippen LogP contribution >= 0.6 is 23.8 Å². The van der Waals surface area contributed by atoms with Gasteiger partial charge in [0, 0.05) is 17.3 Å². The third kappa shape index (κ3) is 4.80. The molecule has 2 aliphatic rings. The predicted octanol–water partition coefficient (Wildman–Crippen LogP) is 4.61.